The second-order valence-corrected chi connectivity index (χ2v) is 5.25. The third kappa shape index (κ3) is 4.88. The Balaban J connectivity index is 2.40. The zero-order chi connectivity index (χ0) is 20.2. The molecule has 0 aliphatic carbocycles. The lowest BCUT2D eigenvalue weighted by atomic mass is 10.0. The number of nitrogens with one attached hydrogen (secondary N) is 1. The largest absolute Gasteiger partial charge is 0.418 e. The fourth-order valence-electron chi connectivity index (χ4n) is 2.21. The molecular weight excluding hydrogens is 374 g/mol. The summed E-state index contributed by atoms with van der Waals surface area (Å²) in [4.78, 5) is 12.1. The number of anilines is 1. The van der Waals surface area contributed by atoms with Gasteiger partial charge in [-0.15, -0.1) is 0 Å². The van der Waals surface area contributed by atoms with Crippen molar-refractivity contribution in [1.29, 1.82) is 5.26 Å². The number of nitrogens with zero attached hydrogens (tertiary/aromatic N) is 1. The molecule has 0 saturated carbocycles. The van der Waals surface area contributed by atoms with Crippen LogP contribution in [0.3, 0.4) is 0 Å². The average Bonchev–Trinajstić information content (AvgIpc) is 2.58. The second-order valence-electron chi connectivity index (χ2n) is 5.25. The lowest BCUT2D eigenvalue weighted by Crippen LogP contribution is -2.18. The number of carbonyl (C=O) groups excluding carboxylic acids is 1. The number of para-hydroxylation sites is 1. The van der Waals surface area contributed by atoms with Crippen molar-refractivity contribution in [2.24, 2.45) is 0 Å². The lowest BCUT2D eigenvalue weighted by Gasteiger charge is -2.13. The first-order valence-electron chi connectivity index (χ1n) is 7.29. The predicted octanol–water partition coefficient (Wildman–Crippen LogP) is 5.27. The van der Waals surface area contributed by atoms with E-state index in [4.69, 9.17) is 5.26 Å². The molecule has 0 fully saturated rings. The number of hydrogen-bond acceptors (Lipinski definition) is 2. The molecule has 2 rings (SSSR count). The average molecular weight is 384 g/mol. The van der Waals surface area contributed by atoms with Gasteiger partial charge in [0.1, 0.15) is 11.6 Å². The van der Waals surface area contributed by atoms with E-state index in [0.717, 1.165) is 36.4 Å². The standard InChI is InChI=1S/C18H10F6N2O/c19-17(20,21)13-6-2-1-5-11(13)9-12(10-25)16(27)26-15-8-4-3-7-14(15)18(22,23)24/h1-9H,(H,26,27)/b12-9-. The van der Waals surface area contributed by atoms with Gasteiger partial charge in [-0.1, -0.05) is 30.3 Å². The quantitative estimate of drug-likeness (QED) is 0.445. The number of halogens is 6. The van der Waals surface area contributed by atoms with E-state index < -0.39 is 46.2 Å². The van der Waals surface area contributed by atoms with E-state index >= 15 is 0 Å². The van der Waals surface area contributed by atoms with E-state index in [-0.39, 0.29) is 0 Å². The highest BCUT2D eigenvalue weighted by Gasteiger charge is 2.34. The van der Waals surface area contributed by atoms with Gasteiger partial charge in [-0.3, -0.25) is 4.79 Å². The summed E-state index contributed by atoms with van der Waals surface area (Å²) in [5.41, 5.74) is -4.07. The molecule has 1 amide bonds. The minimum absolute atomic E-state index is 0.458. The van der Waals surface area contributed by atoms with Crippen molar-refractivity contribution >= 4 is 17.7 Å². The van der Waals surface area contributed by atoms with Crippen LogP contribution in [0.25, 0.3) is 6.08 Å². The van der Waals surface area contributed by atoms with Crippen LogP contribution in [-0.4, -0.2) is 5.91 Å². The van der Waals surface area contributed by atoms with Gasteiger partial charge in [0.2, 0.25) is 0 Å². The number of carbonyl (C=O) groups is 1. The van der Waals surface area contributed by atoms with Gasteiger partial charge in [-0.05, 0) is 29.8 Å². The summed E-state index contributed by atoms with van der Waals surface area (Å²) in [6.07, 6.45) is -8.81. The van der Waals surface area contributed by atoms with Gasteiger partial charge in [0.15, 0.2) is 0 Å². The maximum absolute atomic E-state index is 13.0. The van der Waals surface area contributed by atoms with Crippen LogP contribution in [0.5, 0.6) is 0 Å². The molecule has 0 atom stereocenters. The van der Waals surface area contributed by atoms with Crippen LogP contribution in [0.1, 0.15) is 16.7 Å². The molecule has 3 nitrogen and oxygen atoms in total. The van der Waals surface area contributed by atoms with Gasteiger partial charge < -0.3 is 5.32 Å². The Bertz CT molecular complexity index is 922. The van der Waals surface area contributed by atoms with Crippen molar-refractivity contribution in [2.75, 3.05) is 5.32 Å². The predicted molar refractivity (Wildman–Crippen MR) is 85.1 cm³/mol. The highest BCUT2D eigenvalue weighted by molar-refractivity contribution is 6.10. The highest BCUT2D eigenvalue weighted by Crippen LogP contribution is 2.35. The fraction of sp³-hybridized carbons (Fsp3) is 0.111. The van der Waals surface area contributed by atoms with E-state index in [2.05, 4.69) is 0 Å². The first-order valence-corrected chi connectivity index (χ1v) is 7.29. The van der Waals surface area contributed by atoms with Crippen LogP contribution in [0.4, 0.5) is 32.0 Å². The number of benzene rings is 2. The van der Waals surface area contributed by atoms with Crippen molar-refractivity contribution < 1.29 is 31.1 Å². The van der Waals surface area contributed by atoms with Gasteiger partial charge in [0, 0.05) is 0 Å². The van der Waals surface area contributed by atoms with E-state index in [1.165, 1.54) is 18.2 Å². The Morgan fingerprint density at radius 1 is 0.889 bits per heavy atom. The van der Waals surface area contributed by atoms with Gasteiger partial charge in [-0.2, -0.15) is 31.6 Å². The van der Waals surface area contributed by atoms with Crippen LogP contribution in [-0.2, 0) is 17.1 Å². The minimum atomic E-state index is -4.76. The zero-order valence-corrected chi connectivity index (χ0v) is 13.3. The molecule has 0 aliphatic heterocycles. The number of rotatable bonds is 3. The fourth-order valence-corrected chi connectivity index (χ4v) is 2.21. The first-order chi connectivity index (χ1) is 12.5. The molecular formula is C18H10F6N2O. The summed E-state index contributed by atoms with van der Waals surface area (Å²) < 4.78 is 77.9. The molecule has 2 aromatic rings. The normalized spacial score (nSPS) is 12.4. The molecule has 0 unspecified atom stereocenters. The van der Waals surface area contributed by atoms with Crippen molar-refractivity contribution in [3.63, 3.8) is 0 Å². The van der Waals surface area contributed by atoms with E-state index in [9.17, 15) is 31.1 Å². The summed E-state index contributed by atoms with van der Waals surface area (Å²) in [7, 11) is 0. The van der Waals surface area contributed by atoms with Gasteiger partial charge in [0.05, 0.1) is 16.8 Å². The van der Waals surface area contributed by atoms with Crippen LogP contribution in [0, 0.1) is 11.3 Å². The Labute approximate surface area is 149 Å². The number of nitriles is 1. The van der Waals surface area contributed by atoms with Crippen LogP contribution >= 0.6 is 0 Å². The van der Waals surface area contributed by atoms with Crippen molar-refractivity contribution in [3.05, 3.63) is 70.8 Å². The number of amides is 1. The topological polar surface area (TPSA) is 52.9 Å². The Kier molecular flexibility index (Phi) is 5.59. The Morgan fingerprint density at radius 3 is 1.96 bits per heavy atom. The van der Waals surface area contributed by atoms with Crippen LogP contribution < -0.4 is 5.32 Å². The third-order valence-electron chi connectivity index (χ3n) is 3.41. The summed E-state index contributed by atoms with van der Waals surface area (Å²) in [6.45, 7) is 0. The lowest BCUT2D eigenvalue weighted by molar-refractivity contribution is -0.138. The van der Waals surface area contributed by atoms with Crippen LogP contribution in [0.2, 0.25) is 0 Å². The molecule has 0 radical (unpaired) electrons. The minimum Gasteiger partial charge on any atom is -0.321 e. The molecule has 1 N–H and O–H groups in total. The number of hydrogen-bond donors (Lipinski definition) is 1. The Morgan fingerprint density at radius 2 is 1.41 bits per heavy atom. The summed E-state index contributed by atoms with van der Waals surface area (Å²) in [5, 5.41) is 11.0. The summed E-state index contributed by atoms with van der Waals surface area (Å²) in [5.74, 6) is -1.26. The monoisotopic (exact) mass is 384 g/mol. The summed E-state index contributed by atoms with van der Waals surface area (Å²) in [6, 6.07) is 9.65. The number of alkyl halides is 6. The van der Waals surface area contributed by atoms with Crippen molar-refractivity contribution in [1.82, 2.24) is 0 Å². The molecule has 0 aliphatic rings. The Hall–Kier alpha value is -3.28. The third-order valence-corrected chi connectivity index (χ3v) is 3.41. The van der Waals surface area contributed by atoms with Crippen molar-refractivity contribution in [3.8, 4) is 6.07 Å². The maximum Gasteiger partial charge on any atom is 0.418 e. The molecule has 0 bridgehead atoms. The van der Waals surface area contributed by atoms with Crippen molar-refractivity contribution in [2.45, 2.75) is 12.4 Å². The van der Waals surface area contributed by atoms with Gasteiger partial charge >= 0.3 is 12.4 Å². The van der Waals surface area contributed by atoms with Gasteiger partial charge in [0.25, 0.3) is 5.91 Å². The van der Waals surface area contributed by atoms with E-state index in [0.29, 0.717) is 6.08 Å². The molecule has 27 heavy (non-hydrogen) atoms. The van der Waals surface area contributed by atoms with Gasteiger partial charge in [-0.25, -0.2) is 0 Å². The molecule has 2 aromatic carbocycles. The second kappa shape index (κ2) is 7.53. The summed E-state index contributed by atoms with van der Waals surface area (Å²) >= 11 is 0. The first kappa shape index (κ1) is 20.0. The maximum atomic E-state index is 13.0. The highest BCUT2D eigenvalue weighted by atomic mass is 19.4. The molecule has 0 spiro atoms. The molecule has 0 heterocycles. The molecule has 0 saturated heterocycles. The molecule has 9 heteroatoms. The van der Waals surface area contributed by atoms with E-state index in [1.807, 2.05) is 5.32 Å². The smallest absolute Gasteiger partial charge is 0.321 e. The SMILES string of the molecule is N#C/C(=C/c1ccccc1C(F)(F)F)C(=O)Nc1ccccc1C(F)(F)F. The zero-order valence-electron chi connectivity index (χ0n) is 13.3. The van der Waals surface area contributed by atoms with Crippen LogP contribution in [0.15, 0.2) is 54.1 Å². The molecule has 140 valence electrons. The van der Waals surface area contributed by atoms with E-state index in [1.54, 1.807) is 0 Å². The molecule has 0 aromatic heterocycles.